The van der Waals surface area contributed by atoms with Gasteiger partial charge in [0.2, 0.25) is 5.91 Å². The quantitative estimate of drug-likeness (QED) is 0.724. The van der Waals surface area contributed by atoms with E-state index in [2.05, 4.69) is 58.3 Å². The van der Waals surface area contributed by atoms with Gasteiger partial charge in [-0.1, -0.05) is 38.1 Å². The summed E-state index contributed by atoms with van der Waals surface area (Å²) in [4.78, 5) is 25.4. The number of rotatable bonds is 7. The first-order valence-electron chi connectivity index (χ1n) is 10.6. The van der Waals surface area contributed by atoms with Crippen LogP contribution in [0.2, 0.25) is 0 Å². The number of hydrogen-bond acceptors (Lipinski definition) is 7. The molecular weight excluding hydrogens is 380 g/mol. The number of nitrogens with one attached hydrogen (secondary N) is 1. The zero-order valence-electron chi connectivity index (χ0n) is 17.7. The van der Waals surface area contributed by atoms with Crippen molar-refractivity contribution in [3.8, 4) is 6.01 Å². The van der Waals surface area contributed by atoms with Gasteiger partial charge in [0.15, 0.2) is 11.6 Å². The molecule has 1 aromatic heterocycles. The van der Waals surface area contributed by atoms with Crippen LogP contribution < -0.4 is 20.7 Å². The average Bonchev–Trinajstić information content (AvgIpc) is 3.20. The number of anilines is 3. The molecule has 0 saturated carbocycles. The molecule has 8 heteroatoms. The molecule has 0 aliphatic carbocycles. The number of fused-ring (bicyclic) bond motifs is 1. The minimum absolute atomic E-state index is 0.123. The number of benzene rings is 1. The van der Waals surface area contributed by atoms with Gasteiger partial charge in [0, 0.05) is 13.1 Å². The fourth-order valence-electron chi connectivity index (χ4n) is 3.90. The van der Waals surface area contributed by atoms with Gasteiger partial charge in [-0.2, -0.15) is 9.97 Å². The van der Waals surface area contributed by atoms with E-state index in [4.69, 9.17) is 10.5 Å². The summed E-state index contributed by atoms with van der Waals surface area (Å²) in [6, 6.07) is 8.78. The highest BCUT2D eigenvalue weighted by Crippen LogP contribution is 2.34. The van der Waals surface area contributed by atoms with Crippen LogP contribution in [-0.4, -0.2) is 47.0 Å². The Balaban J connectivity index is 1.55. The van der Waals surface area contributed by atoms with E-state index in [1.54, 1.807) is 0 Å². The van der Waals surface area contributed by atoms with Gasteiger partial charge in [-0.15, -0.1) is 0 Å². The summed E-state index contributed by atoms with van der Waals surface area (Å²) in [6.45, 7) is 8.69. The van der Waals surface area contributed by atoms with E-state index in [1.165, 1.54) is 31.5 Å². The summed E-state index contributed by atoms with van der Waals surface area (Å²) in [6.07, 6.45) is 2.56. The molecule has 3 heterocycles. The first-order valence-corrected chi connectivity index (χ1v) is 10.6. The van der Waals surface area contributed by atoms with Crippen molar-refractivity contribution in [1.29, 1.82) is 0 Å². The van der Waals surface area contributed by atoms with Crippen molar-refractivity contribution in [2.24, 2.45) is 5.92 Å². The third-order valence-electron chi connectivity index (χ3n) is 5.31. The van der Waals surface area contributed by atoms with Crippen molar-refractivity contribution in [2.45, 2.75) is 39.8 Å². The summed E-state index contributed by atoms with van der Waals surface area (Å²) in [5.41, 5.74) is 8.98. The van der Waals surface area contributed by atoms with Crippen molar-refractivity contribution in [2.75, 3.05) is 42.2 Å². The lowest BCUT2D eigenvalue weighted by molar-refractivity contribution is -0.115. The monoisotopic (exact) mass is 410 g/mol. The second-order valence-corrected chi connectivity index (χ2v) is 8.50. The van der Waals surface area contributed by atoms with Crippen molar-refractivity contribution < 1.29 is 9.53 Å². The third kappa shape index (κ3) is 4.81. The molecule has 1 aromatic carbocycles. The van der Waals surface area contributed by atoms with E-state index in [-0.39, 0.29) is 24.3 Å². The van der Waals surface area contributed by atoms with Crippen molar-refractivity contribution in [3.63, 3.8) is 0 Å². The fraction of sp³-hybridized carbons (Fsp3) is 0.500. The van der Waals surface area contributed by atoms with Gasteiger partial charge in [-0.3, -0.25) is 9.69 Å². The van der Waals surface area contributed by atoms with Crippen LogP contribution in [0.5, 0.6) is 6.01 Å². The van der Waals surface area contributed by atoms with E-state index < -0.39 is 0 Å². The Morgan fingerprint density at radius 1 is 1.17 bits per heavy atom. The Bertz CT molecular complexity index is 910. The number of nitrogens with two attached hydrogens (primary N) is 1. The summed E-state index contributed by atoms with van der Waals surface area (Å²) in [5, 5.41) is 2.80. The number of likely N-dealkylation sites (tertiary alicyclic amines) is 1. The number of aromatic nitrogens is 2. The molecule has 2 aromatic rings. The number of hydrogen-bond donors (Lipinski definition) is 2. The van der Waals surface area contributed by atoms with Crippen LogP contribution in [0.3, 0.4) is 0 Å². The van der Waals surface area contributed by atoms with Crippen LogP contribution in [0.1, 0.15) is 37.8 Å². The van der Waals surface area contributed by atoms with Gasteiger partial charge in [-0.05, 0) is 43.0 Å². The first-order chi connectivity index (χ1) is 14.5. The number of carbonyl (C=O) groups is 1. The maximum atomic E-state index is 12.3. The average molecular weight is 411 g/mol. The highest BCUT2D eigenvalue weighted by atomic mass is 16.5. The molecule has 0 spiro atoms. The SMILES string of the molecule is CC(C)COc1nc(N)c2c(n1)N(Cc1cccc(CN3CCCC3)c1)CC(=O)N2. The van der Waals surface area contributed by atoms with E-state index in [1.807, 2.05) is 4.90 Å². The van der Waals surface area contributed by atoms with Crippen LogP contribution in [0.15, 0.2) is 24.3 Å². The molecular formula is C22H30N6O2. The molecule has 0 radical (unpaired) electrons. The van der Waals surface area contributed by atoms with Gasteiger partial charge >= 0.3 is 6.01 Å². The maximum absolute atomic E-state index is 12.3. The summed E-state index contributed by atoms with van der Waals surface area (Å²) >= 11 is 0. The fourth-order valence-corrected chi connectivity index (χ4v) is 3.90. The van der Waals surface area contributed by atoms with Gasteiger partial charge in [0.1, 0.15) is 5.69 Å². The highest BCUT2D eigenvalue weighted by Gasteiger charge is 2.27. The second kappa shape index (κ2) is 8.87. The summed E-state index contributed by atoms with van der Waals surface area (Å²) in [5.74, 6) is 1.05. The van der Waals surface area contributed by atoms with Crippen LogP contribution >= 0.6 is 0 Å². The zero-order valence-corrected chi connectivity index (χ0v) is 17.7. The Kier molecular flexibility index (Phi) is 6.03. The third-order valence-corrected chi connectivity index (χ3v) is 5.31. The number of nitrogen functional groups attached to an aromatic ring is 1. The second-order valence-electron chi connectivity index (χ2n) is 8.50. The van der Waals surface area contributed by atoms with E-state index >= 15 is 0 Å². The van der Waals surface area contributed by atoms with Crippen molar-refractivity contribution >= 4 is 23.2 Å². The number of amides is 1. The minimum atomic E-state index is -0.123. The van der Waals surface area contributed by atoms with Crippen molar-refractivity contribution in [3.05, 3.63) is 35.4 Å². The predicted molar refractivity (Wildman–Crippen MR) is 117 cm³/mol. The molecule has 2 aliphatic rings. The number of carbonyl (C=O) groups excluding carboxylic acids is 1. The molecule has 8 nitrogen and oxygen atoms in total. The molecule has 4 rings (SSSR count). The summed E-state index contributed by atoms with van der Waals surface area (Å²) < 4.78 is 5.69. The van der Waals surface area contributed by atoms with Crippen LogP contribution in [0, 0.1) is 5.92 Å². The Labute approximate surface area is 177 Å². The van der Waals surface area contributed by atoms with Crippen LogP contribution in [0.4, 0.5) is 17.3 Å². The molecule has 1 fully saturated rings. The Morgan fingerprint density at radius 2 is 1.90 bits per heavy atom. The number of ether oxygens (including phenoxy) is 1. The Hall–Kier alpha value is -2.87. The Morgan fingerprint density at radius 3 is 2.63 bits per heavy atom. The van der Waals surface area contributed by atoms with E-state index in [0.717, 1.165) is 12.1 Å². The zero-order chi connectivity index (χ0) is 21.1. The van der Waals surface area contributed by atoms with Gasteiger partial charge in [0.25, 0.3) is 0 Å². The maximum Gasteiger partial charge on any atom is 0.320 e. The molecule has 2 aliphatic heterocycles. The van der Waals surface area contributed by atoms with Crippen LogP contribution in [0.25, 0.3) is 0 Å². The van der Waals surface area contributed by atoms with E-state index in [0.29, 0.717) is 30.6 Å². The standard InChI is InChI=1S/C22H30N6O2/c1-15(2)14-30-22-25-20(23)19-21(26-22)28(13-18(29)24-19)12-17-7-5-6-16(10-17)11-27-8-3-4-9-27/h5-7,10,15H,3-4,8-9,11-14H2,1-2H3,(H,24,29)(H2,23,25,26). The molecule has 30 heavy (non-hydrogen) atoms. The minimum Gasteiger partial charge on any atom is -0.463 e. The molecule has 0 atom stereocenters. The van der Waals surface area contributed by atoms with Crippen LogP contribution in [-0.2, 0) is 17.9 Å². The van der Waals surface area contributed by atoms with E-state index in [9.17, 15) is 4.79 Å². The molecule has 0 bridgehead atoms. The molecule has 1 saturated heterocycles. The molecule has 160 valence electrons. The van der Waals surface area contributed by atoms with Crippen molar-refractivity contribution in [1.82, 2.24) is 14.9 Å². The number of nitrogens with zero attached hydrogens (tertiary/aromatic N) is 4. The lowest BCUT2D eigenvalue weighted by Gasteiger charge is -2.30. The molecule has 1 amide bonds. The topological polar surface area (TPSA) is 96.6 Å². The van der Waals surface area contributed by atoms with Gasteiger partial charge < -0.3 is 20.7 Å². The van der Waals surface area contributed by atoms with Gasteiger partial charge in [-0.25, -0.2) is 0 Å². The lowest BCUT2D eigenvalue weighted by Crippen LogP contribution is -2.39. The lowest BCUT2D eigenvalue weighted by atomic mass is 10.1. The molecule has 0 unspecified atom stereocenters. The summed E-state index contributed by atoms with van der Waals surface area (Å²) in [7, 11) is 0. The smallest absolute Gasteiger partial charge is 0.320 e. The molecule has 3 N–H and O–H groups in total. The first kappa shape index (κ1) is 20.4. The highest BCUT2D eigenvalue weighted by molar-refractivity contribution is 6.03. The normalized spacial score (nSPS) is 16.6. The predicted octanol–water partition coefficient (Wildman–Crippen LogP) is 2.65. The van der Waals surface area contributed by atoms with Gasteiger partial charge in [0.05, 0.1) is 13.2 Å². The largest absolute Gasteiger partial charge is 0.463 e.